The normalized spacial score (nSPS) is 19.6. The molecule has 0 spiro atoms. The van der Waals surface area contributed by atoms with Gasteiger partial charge in [-0.3, -0.25) is 14.3 Å². The first-order valence-corrected chi connectivity index (χ1v) is 9.57. The van der Waals surface area contributed by atoms with Crippen molar-refractivity contribution in [2.75, 3.05) is 26.2 Å². The molecule has 25 heavy (non-hydrogen) atoms. The SMILES string of the molecule is Cc1ccc(C(=O)N2CCC(C(=O)N3CCC3)(n3cccn3)CC2)s1. The number of hydrogen-bond acceptors (Lipinski definition) is 4. The van der Waals surface area contributed by atoms with Crippen molar-refractivity contribution in [1.29, 1.82) is 0 Å². The second kappa shape index (κ2) is 6.29. The van der Waals surface area contributed by atoms with Gasteiger partial charge in [0.05, 0.1) is 4.88 Å². The molecule has 2 fully saturated rings. The summed E-state index contributed by atoms with van der Waals surface area (Å²) < 4.78 is 1.81. The number of amides is 2. The molecule has 0 radical (unpaired) electrons. The van der Waals surface area contributed by atoms with Crippen molar-refractivity contribution in [2.45, 2.75) is 31.7 Å². The van der Waals surface area contributed by atoms with Crippen molar-refractivity contribution in [3.8, 4) is 0 Å². The van der Waals surface area contributed by atoms with E-state index in [0.29, 0.717) is 25.9 Å². The lowest BCUT2D eigenvalue weighted by molar-refractivity contribution is -0.147. The van der Waals surface area contributed by atoms with Gasteiger partial charge < -0.3 is 9.80 Å². The highest BCUT2D eigenvalue weighted by Crippen LogP contribution is 2.34. The van der Waals surface area contributed by atoms with Crippen LogP contribution in [0.4, 0.5) is 0 Å². The van der Waals surface area contributed by atoms with Gasteiger partial charge in [-0.15, -0.1) is 11.3 Å². The predicted octanol–water partition coefficient (Wildman–Crippen LogP) is 2.12. The number of aryl methyl sites for hydroxylation is 1. The summed E-state index contributed by atoms with van der Waals surface area (Å²) in [6.45, 7) is 4.83. The van der Waals surface area contributed by atoms with Crippen LogP contribution < -0.4 is 0 Å². The molecule has 132 valence electrons. The number of carbonyl (C=O) groups excluding carboxylic acids is 2. The van der Waals surface area contributed by atoms with Gasteiger partial charge in [0.15, 0.2) is 0 Å². The highest BCUT2D eigenvalue weighted by Gasteiger charge is 2.47. The highest BCUT2D eigenvalue weighted by molar-refractivity contribution is 7.13. The molecule has 0 atom stereocenters. The quantitative estimate of drug-likeness (QED) is 0.844. The molecule has 4 heterocycles. The van der Waals surface area contributed by atoms with Gasteiger partial charge in [-0.2, -0.15) is 5.10 Å². The minimum atomic E-state index is -0.647. The Hall–Kier alpha value is -2.15. The molecule has 2 aliphatic heterocycles. The molecule has 2 aromatic heterocycles. The van der Waals surface area contributed by atoms with Crippen LogP contribution >= 0.6 is 11.3 Å². The summed E-state index contributed by atoms with van der Waals surface area (Å²) in [5.74, 6) is 0.227. The van der Waals surface area contributed by atoms with E-state index in [1.165, 1.54) is 11.3 Å². The van der Waals surface area contributed by atoms with E-state index in [1.807, 2.05) is 45.8 Å². The Labute approximate surface area is 151 Å². The summed E-state index contributed by atoms with van der Waals surface area (Å²) in [5, 5.41) is 4.37. The van der Waals surface area contributed by atoms with Gasteiger partial charge in [0.25, 0.3) is 11.8 Å². The van der Waals surface area contributed by atoms with Crippen molar-refractivity contribution in [1.82, 2.24) is 19.6 Å². The fraction of sp³-hybridized carbons (Fsp3) is 0.500. The zero-order valence-electron chi connectivity index (χ0n) is 14.4. The first kappa shape index (κ1) is 16.3. The van der Waals surface area contributed by atoms with Crippen LogP contribution in [0.3, 0.4) is 0 Å². The summed E-state index contributed by atoms with van der Waals surface area (Å²) >= 11 is 1.53. The number of piperidine rings is 1. The van der Waals surface area contributed by atoms with Gasteiger partial charge in [0, 0.05) is 43.4 Å². The number of thiophene rings is 1. The lowest BCUT2D eigenvalue weighted by Crippen LogP contribution is -2.59. The van der Waals surface area contributed by atoms with Crippen molar-refractivity contribution < 1.29 is 9.59 Å². The summed E-state index contributed by atoms with van der Waals surface area (Å²) in [7, 11) is 0. The van der Waals surface area contributed by atoms with Gasteiger partial charge in [-0.05, 0) is 44.4 Å². The average Bonchev–Trinajstić information content (AvgIpc) is 3.24. The minimum absolute atomic E-state index is 0.0727. The molecule has 4 rings (SSSR count). The van der Waals surface area contributed by atoms with Gasteiger partial charge in [-0.25, -0.2) is 0 Å². The molecule has 2 aromatic rings. The van der Waals surface area contributed by atoms with Gasteiger partial charge in [0.2, 0.25) is 0 Å². The van der Waals surface area contributed by atoms with Crippen molar-refractivity contribution in [3.05, 3.63) is 40.3 Å². The standard InChI is InChI=1S/C18H22N4O2S/c1-14-4-5-15(25-14)16(23)20-12-6-18(7-13-20,22-11-2-8-19-22)17(24)21-9-3-10-21/h2,4-5,8,11H,3,6-7,9-10,12-13H2,1H3. The van der Waals surface area contributed by atoms with Gasteiger partial charge >= 0.3 is 0 Å². The first-order chi connectivity index (χ1) is 12.1. The van der Waals surface area contributed by atoms with Crippen molar-refractivity contribution >= 4 is 23.2 Å². The van der Waals surface area contributed by atoms with E-state index in [2.05, 4.69) is 5.10 Å². The van der Waals surface area contributed by atoms with E-state index in [9.17, 15) is 9.59 Å². The third-order valence-electron chi connectivity index (χ3n) is 5.31. The Balaban J connectivity index is 1.54. The van der Waals surface area contributed by atoms with Crippen LogP contribution in [0, 0.1) is 6.92 Å². The third-order valence-corrected chi connectivity index (χ3v) is 6.30. The maximum atomic E-state index is 13.1. The smallest absolute Gasteiger partial charge is 0.263 e. The molecule has 2 amide bonds. The summed E-state index contributed by atoms with van der Waals surface area (Å²) in [5.41, 5.74) is -0.647. The zero-order chi connectivity index (χ0) is 17.4. The van der Waals surface area contributed by atoms with Crippen LogP contribution in [0.1, 0.15) is 33.8 Å². The van der Waals surface area contributed by atoms with E-state index >= 15 is 0 Å². The first-order valence-electron chi connectivity index (χ1n) is 8.75. The fourth-order valence-corrected chi connectivity index (χ4v) is 4.50. The number of likely N-dealkylation sites (tertiary alicyclic amines) is 2. The van der Waals surface area contributed by atoms with Crippen LogP contribution in [0.5, 0.6) is 0 Å². The molecular formula is C18H22N4O2S. The Morgan fingerprint density at radius 1 is 1.12 bits per heavy atom. The zero-order valence-corrected chi connectivity index (χ0v) is 15.2. The van der Waals surface area contributed by atoms with Crippen LogP contribution in [0.25, 0.3) is 0 Å². The summed E-state index contributed by atoms with van der Waals surface area (Å²) in [6.07, 6.45) is 5.89. The summed E-state index contributed by atoms with van der Waals surface area (Å²) in [4.78, 5) is 31.5. The molecule has 7 heteroatoms. The molecule has 0 saturated carbocycles. The Morgan fingerprint density at radius 3 is 2.40 bits per heavy atom. The van der Waals surface area contributed by atoms with E-state index in [-0.39, 0.29) is 11.8 Å². The third kappa shape index (κ3) is 2.76. The number of aromatic nitrogens is 2. The summed E-state index contributed by atoms with van der Waals surface area (Å²) in [6, 6.07) is 5.73. The van der Waals surface area contributed by atoms with E-state index in [0.717, 1.165) is 29.3 Å². The maximum absolute atomic E-state index is 13.1. The van der Waals surface area contributed by atoms with Crippen LogP contribution in [-0.2, 0) is 10.3 Å². The van der Waals surface area contributed by atoms with Crippen LogP contribution in [0.2, 0.25) is 0 Å². The van der Waals surface area contributed by atoms with E-state index in [1.54, 1.807) is 6.20 Å². The molecule has 0 unspecified atom stereocenters. The van der Waals surface area contributed by atoms with Gasteiger partial charge in [-0.1, -0.05) is 0 Å². The number of carbonyl (C=O) groups is 2. The number of nitrogens with zero attached hydrogens (tertiary/aromatic N) is 4. The molecule has 0 N–H and O–H groups in total. The van der Waals surface area contributed by atoms with E-state index in [4.69, 9.17) is 0 Å². The molecule has 0 aliphatic carbocycles. The van der Waals surface area contributed by atoms with Crippen LogP contribution in [-0.4, -0.2) is 57.6 Å². The Kier molecular flexibility index (Phi) is 4.11. The molecule has 2 aliphatic rings. The highest BCUT2D eigenvalue weighted by atomic mass is 32.1. The van der Waals surface area contributed by atoms with Crippen molar-refractivity contribution in [3.63, 3.8) is 0 Å². The fourth-order valence-electron chi connectivity index (χ4n) is 3.66. The predicted molar refractivity (Wildman–Crippen MR) is 95.6 cm³/mol. The number of rotatable bonds is 3. The number of hydrogen-bond donors (Lipinski definition) is 0. The second-order valence-corrected chi connectivity index (χ2v) is 8.12. The maximum Gasteiger partial charge on any atom is 0.263 e. The second-order valence-electron chi connectivity index (χ2n) is 6.83. The molecular weight excluding hydrogens is 336 g/mol. The topological polar surface area (TPSA) is 58.4 Å². The Bertz CT molecular complexity index is 771. The Morgan fingerprint density at radius 2 is 1.88 bits per heavy atom. The lowest BCUT2D eigenvalue weighted by Gasteiger charge is -2.45. The molecule has 2 saturated heterocycles. The van der Waals surface area contributed by atoms with Gasteiger partial charge in [0.1, 0.15) is 5.54 Å². The molecule has 0 bridgehead atoms. The average molecular weight is 358 g/mol. The van der Waals surface area contributed by atoms with Crippen molar-refractivity contribution in [2.24, 2.45) is 0 Å². The lowest BCUT2D eigenvalue weighted by atomic mass is 9.85. The molecule has 6 nitrogen and oxygen atoms in total. The van der Waals surface area contributed by atoms with Crippen LogP contribution in [0.15, 0.2) is 30.6 Å². The monoisotopic (exact) mass is 358 g/mol. The largest absolute Gasteiger partial charge is 0.340 e. The van der Waals surface area contributed by atoms with E-state index < -0.39 is 5.54 Å². The molecule has 0 aromatic carbocycles. The minimum Gasteiger partial charge on any atom is -0.340 e.